The number of anilines is 1. The quantitative estimate of drug-likeness (QED) is 0.0815. The maximum absolute atomic E-state index is 12.0. The van der Waals surface area contributed by atoms with Gasteiger partial charge >= 0.3 is 7.82 Å². The Bertz CT molecular complexity index is 1030. The minimum absolute atomic E-state index is 0. The highest BCUT2D eigenvalue weighted by atomic mass is 31.2. The van der Waals surface area contributed by atoms with Gasteiger partial charge in [0.2, 0.25) is 5.95 Å². The average molecular weight is 466 g/mol. The van der Waals surface area contributed by atoms with Gasteiger partial charge in [0.15, 0.2) is 17.4 Å². The standard InChI is InChI=1S/C12H17N8O8P.2H3N/c13-12-17-9-6(10(22)18-12)15-4-20(9)11-8(26-2-1-16-19-14)7(21)5(28-11)3-27-29(23,24)25;;/h4-5,7-8,11,21H,1-3H2,(H2,23,24,25)(H3,13,17,18,22);2*1H3/t5-,7-,8-,11-;;/m1../s1. The van der Waals surface area contributed by atoms with Crippen LogP contribution >= 0.6 is 7.82 Å². The molecule has 1 aliphatic rings. The smallest absolute Gasteiger partial charge is 0.387 e. The van der Waals surface area contributed by atoms with Gasteiger partial charge < -0.3 is 42.4 Å². The Balaban J connectivity index is 0.00000240. The molecule has 3 heterocycles. The van der Waals surface area contributed by atoms with E-state index in [0.717, 1.165) is 0 Å². The van der Waals surface area contributed by atoms with Crippen molar-refractivity contribution in [2.75, 3.05) is 25.5 Å². The van der Waals surface area contributed by atoms with Gasteiger partial charge in [-0.25, -0.2) is 9.55 Å². The lowest BCUT2D eigenvalue weighted by Gasteiger charge is -2.21. The number of hydrogen-bond donors (Lipinski definition) is 7. The van der Waals surface area contributed by atoms with E-state index >= 15 is 0 Å². The number of aliphatic hydroxyl groups excluding tert-OH is 1. The minimum Gasteiger partial charge on any atom is -0.387 e. The van der Waals surface area contributed by atoms with E-state index in [1.54, 1.807) is 0 Å². The molecule has 2 aromatic heterocycles. The molecule has 18 nitrogen and oxygen atoms in total. The fraction of sp³-hybridized carbons (Fsp3) is 0.583. The van der Waals surface area contributed by atoms with Crippen molar-refractivity contribution in [3.8, 4) is 0 Å². The first-order valence-corrected chi connectivity index (χ1v) is 9.62. The molecule has 19 heteroatoms. The summed E-state index contributed by atoms with van der Waals surface area (Å²) < 4.78 is 27.9. The number of hydrogen-bond acceptors (Lipinski definition) is 12. The number of nitrogens with one attached hydrogen (secondary N) is 1. The molecule has 3 rings (SSSR count). The van der Waals surface area contributed by atoms with Crippen molar-refractivity contribution in [2.24, 2.45) is 5.11 Å². The number of H-pyrrole nitrogens is 1. The second-order valence-corrected chi connectivity index (χ2v) is 7.15. The number of ether oxygens (including phenoxy) is 2. The number of aliphatic hydroxyl groups is 1. The third kappa shape index (κ3) is 5.96. The van der Waals surface area contributed by atoms with Gasteiger partial charge in [-0.1, -0.05) is 5.11 Å². The molecule has 1 saturated heterocycles. The lowest BCUT2D eigenvalue weighted by molar-refractivity contribution is -0.0684. The number of rotatable bonds is 8. The number of aromatic nitrogens is 4. The molecule has 0 spiro atoms. The van der Waals surface area contributed by atoms with Crippen LogP contribution in [0.3, 0.4) is 0 Å². The predicted molar refractivity (Wildman–Crippen MR) is 104 cm³/mol. The highest BCUT2D eigenvalue weighted by molar-refractivity contribution is 7.46. The van der Waals surface area contributed by atoms with Crippen LogP contribution in [0.1, 0.15) is 6.23 Å². The van der Waals surface area contributed by atoms with Crippen molar-refractivity contribution in [2.45, 2.75) is 24.5 Å². The molecule has 1 fully saturated rings. The van der Waals surface area contributed by atoms with Crippen LogP contribution in [0, 0.1) is 0 Å². The van der Waals surface area contributed by atoms with Crippen molar-refractivity contribution in [3.63, 3.8) is 0 Å². The molecule has 0 radical (unpaired) electrons. The SMILES string of the molecule is N.N.[N-]=[N+]=NCCO[C@@H]1[C@H](O)[C@@H](COP(=O)(O)O)O[C@H]1n1cnc2c(=O)[nH]c(N)nc21. The normalized spacial score (nSPS) is 23.1. The van der Waals surface area contributed by atoms with E-state index in [1.807, 2.05) is 0 Å². The van der Waals surface area contributed by atoms with E-state index in [-0.39, 0.29) is 42.6 Å². The first-order valence-electron chi connectivity index (χ1n) is 8.09. The lowest BCUT2D eigenvalue weighted by Crippen LogP contribution is -2.36. The fourth-order valence-corrected chi connectivity index (χ4v) is 3.18. The number of nitrogens with two attached hydrogens (primary N) is 1. The van der Waals surface area contributed by atoms with Gasteiger partial charge in [-0.15, -0.1) is 0 Å². The van der Waals surface area contributed by atoms with Gasteiger partial charge in [-0.3, -0.25) is 18.9 Å². The molecule has 12 N–H and O–H groups in total. The summed E-state index contributed by atoms with van der Waals surface area (Å²) in [6.07, 6.45) is -3.53. The van der Waals surface area contributed by atoms with Crippen molar-refractivity contribution >= 4 is 24.9 Å². The largest absolute Gasteiger partial charge is 0.469 e. The maximum atomic E-state index is 12.0. The summed E-state index contributed by atoms with van der Waals surface area (Å²) in [5.41, 5.74) is 13.3. The molecule has 0 aliphatic carbocycles. The molecule has 0 saturated carbocycles. The van der Waals surface area contributed by atoms with Crippen molar-refractivity contribution in [1.82, 2.24) is 31.8 Å². The predicted octanol–water partition coefficient (Wildman–Crippen LogP) is -0.911. The van der Waals surface area contributed by atoms with Gasteiger partial charge in [0.1, 0.15) is 18.3 Å². The Labute approximate surface area is 173 Å². The Hall–Kier alpha value is -2.63. The number of nitrogens with zero attached hydrogens (tertiary/aromatic N) is 6. The number of fused-ring (bicyclic) bond motifs is 1. The van der Waals surface area contributed by atoms with Crippen LogP contribution in [0.25, 0.3) is 21.6 Å². The Morgan fingerprint density at radius 3 is 2.81 bits per heavy atom. The average Bonchev–Trinajstić information content (AvgIpc) is 3.18. The van der Waals surface area contributed by atoms with E-state index in [1.165, 1.54) is 10.9 Å². The number of aromatic amines is 1. The molecule has 0 bridgehead atoms. The molecule has 2 aromatic rings. The number of phosphoric ester groups is 1. The first-order chi connectivity index (χ1) is 13.7. The Morgan fingerprint density at radius 1 is 1.45 bits per heavy atom. The topological polar surface area (TPSA) is 314 Å². The number of imidazole rings is 1. The summed E-state index contributed by atoms with van der Waals surface area (Å²) in [6, 6.07) is 0. The second kappa shape index (κ2) is 10.6. The molecule has 0 unspecified atom stereocenters. The van der Waals surface area contributed by atoms with Crippen molar-refractivity contribution < 1.29 is 33.5 Å². The van der Waals surface area contributed by atoms with Crippen LogP contribution in [0.2, 0.25) is 0 Å². The zero-order valence-corrected chi connectivity index (χ0v) is 16.9. The van der Waals surface area contributed by atoms with E-state index in [9.17, 15) is 14.5 Å². The maximum Gasteiger partial charge on any atom is 0.469 e. The van der Waals surface area contributed by atoms with Crippen LogP contribution in [-0.4, -0.2) is 72.5 Å². The molecule has 0 amide bonds. The number of azide groups is 1. The second-order valence-electron chi connectivity index (χ2n) is 5.91. The number of nitrogen functional groups attached to an aromatic ring is 1. The summed E-state index contributed by atoms with van der Waals surface area (Å²) in [7, 11) is -4.81. The Morgan fingerprint density at radius 2 is 2.16 bits per heavy atom. The molecule has 174 valence electrons. The fourth-order valence-electron chi connectivity index (χ4n) is 2.83. The molecule has 0 aromatic carbocycles. The summed E-state index contributed by atoms with van der Waals surface area (Å²) >= 11 is 0. The summed E-state index contributed by atoms with van der Waals surface area (Å²) in [4.78, 5) is 42.6. The van der Waals surface area contributed by atoms with Crippen molar-refractivity contribution in [3.05, 3.63) is 27.1 Å². The van der Waals surface area contributed by atoms with E-state index < -0.39 is 44.5 Å². The zero-order chi connectivity index (χ0) is 21.2. The Kier molecular flexibility index (Phi) is 9.03. The minimum atomic E-state index is -4.81. The molecule has 31 heavy (non-hydrogen) atoms. The first kappa shape index (κ1) is 26.4. The lowest BCUT2D eigenvalue weighted by atomic mass is 10.1. The van der Waals surface area contributed by atoms with Gasteiger partial charge in [0, 0.05) is 11.5 Å². The van der Waals surface area contributed by atoms with Gasteiger partial charge in [-0.2, -0.15) is 4.98 Å². The third-order valence-corrected chi connectivity index (χ3v) is 4.49. The summed E-state index contributed by atoms with van der Waals surface area (Å²) in [6.45, 7) is -0.757. The molecular formula is C12H23N10O8P. The van der Waals surface area contributed by atoms with Crippen LogP contribution in [0.5, 0.6) is 0 Å². The van der Waals surface area contributed by atoms with Crippen molar-refractivity contribution in [1.29, 1.82) is 0 Å². The molecule has 1 aliphatic heterocycles. The summed E-state index contributed by atoms with van der Waals surface area (Å²) in [5.74, 6) is -0.176. The van der Waals surface area contributed by atoms with Gasteiger partial charge in [0.25, 0.3) is 5.56 Å². The van der Waals surface area contributed by atoms with Crippen LogP contribution in [0.15, 0.2) is 16.2 Å². The molecular weight excluding hydrogens is 443 g/mol. The van der Waals surface area contributed by atoms with Crippen LogP contribution < -0.4 is 23.6 Å². The monoisotopic (exact) mass is 466 g/mol. The highest BCUT2D eigenvalue weighted by Gasteiger charge is 2.47. The highest BCUT2D eigenvalue weighted by Crippen LogP contribution is 2.39. The van der Waals surface area contributed by atoms with E-state index in [2.05, 4.69) is 29.5 Å². The molecule has 4 atom stereocenters. The van der Waals surface area contributed by atoms with Crippen LogP contribution in [0.4, 0.5) is 5.95 Å². The van der Waals surface area contributed by atoms with Crippen LogP contribution in [-0.2, 0) is 18.6 Å². The van der Waals surface area contributed by atoms with E-state index in [0.29, 0.717) is 0 Å². The van der Waals surface area contributed by atoms with E-state index in [4.69, 9.17) is 30.5 Å². The number of phosphoric acid groups is 1. The summed E-state index contributed by atoms with van der Waals surface area (Å²) in [5, 5.41) is 13.8. The zero-order valence-electron chi connectivity index (χ0n) is 16.0. The van der Waals surface area contributed by atoms with Gasteiger partial charge in [-0.05, 0) is 5.53 Å². The van der Waals surface area contributed by atoms with Gasteiger partial charge in [0.05, 0.1) is 19.5 Å². The third-order valence-electron chi connectivity index (χ3n) is 4.01.